The Bertz CT molecular complexity index is 645. The Morgan fingerprint density at radius 1 is 1.35 bits per heavy atom. The van der Waals surface area contributed by atoms with Crippen LogP contribution < -0.4 is 10.6 Å². The van der Waals surface area contributed by atoms with E-state index >= 15 is 0 Å². The minimum atomic E-state index is 0.133. The molecule has 7 heteroatoms. The minimum Gasteiger partial charge on any atom is -0.363 e. The average molecular weight is 334 g/mol. The van der Waals surface area contributed by atoms with Crippen LogP contribution in [0.4, 0.5) is 0 Å². The molecule has 23 heavy (non-hydrogen) atoms. The third-order valence-electron chi connectivity index (χ3n) is 3.78. The first-order valence-electron chi connectivity index (χ1n) is 8.08. The summed E-state index contributed by atoms with van der Waals surface area (Å²) in [6, 6.07) is 4.25. The molecule has 2 aromatic heterocycles. The fourth-order valence-corrected chi connectivity index (χ4v) is 2.91. The summed E-state index contributed by atoms with van der Waals surface area (Å²) in [6.07, 6.45) is 2.80. The van der Waals surface area contributed by atoms with Gasteiger partial charge in [0, 0.05) is 31.5 Å². The van der Waals surface area contributed by atoms with Crippen LogP contribution in [0, 0.1) is 13.8 Å². The average Bonchev–Trinajstić information content (AvgIpc) is 3.09. The number of aryl methyl sites for hydroxylation is 4. The van der Waals surface area contributed by atoms with Crippen LogP contribution in [0.2, 0.25) is 0 Å². The lowest BCUT2D eigenvalue weighted by atomic mass is 10.2. The molecule has 0 bridgehead atoms. The zero-order valence-corrected chi connectivity index (χ0v) is 15.2. The standard InChI is InChI=1S/C16H26N6S/c1-5-21-15(7-9-18-21)14(4)19-16(23)17-8-6-10-22-13(3)11-12(2)20-22/h7,9,11,14H,5-6,8,10H2,1-4H3,(H2,17,19,23). The Labute approximate surface area is 143 Å². The zero-order chi connectivity index (χ0) is 16.8. The molecule has 0 aliphatic carbocycles. The molecule has 0 fully saturated rings. The van der Waals surface area contributed by atoms with E-state index in [-0.39, 0.29) is 6.04 Å². The fourth-order valence-electron chi connectivity index (χ4n) is 2.63. The highest BCUT2D eigenvalue weighted by Gasteiger charge is 2.11. The van der Waals surface area contributed by atoms with E-state index in [0.717, 1.165) is 37.4 Å². The topological polar surface area (TPSA) is 59.7 Å². The lowest BCUT2D eigenvalue weighted by Crippen LogP contribution is -2.38. The van der Waals surface area contributed by atoms with Gasteiger partial charge in [0.15, 0.2) is 5.11 Å². The smallest absolute Gasteiger partial charge is 0.166 e. The Balaban J connectivity index is 1.72. The highest BCUT2D eigenvalue weighted by molar-refractivity contribution is 7.80. The number of nitrogens with one attached hydrogen (secondary N) is 2. The van der Waals surface area contributed by atoms with Crippen LogP contribution in [0.25, 0.3) is 0 Å². The number of rotatable bonds is 7. The predicted octanol–water partition coefficient (Wildman–Crippen LogP) is 2.33. The van der Waals surface area contributed by atoms with Crippen LogP contribution in [0.1, 0.15) is 43.4 Å². The van der Waals surface area contributed by atoms with Gasteiger partial charge in [-0.25, -0.2) is 0 Å². The van der Waals surface area contributed by atoms with E-state index in [9.17, 15) is 0 Å². The molecule has 0 aliphatic heterocycles. The number of hydrogen-bond donors (Lipinski definition) is 2. The van der Waals surface area contributed by atoms with E-state index in [0.29, 0.717) is 5.11 Å². The summed E-state index contributed by atoms with van der Waals surface area (Å²) in [4.78, 5) is 0. The van der Waals surface area contributed by atoms with Crippen molar-refractivity contribution in [3.05, 3.63) is 35.4 Å². The van der Waals surface area contributed by atoms with Crippen LogP contribution in [0.3, 0.4) is 0 Å². The second-order valence-corrected chi connectivity index (χ2v) is 6.11. The Morgan fingerprint density at radius 3 is 2.78 bits per heavy atom. The first-order chi connectivity index (χ1) is 11.0. The molecular weight excluding hydrogens is 308 g/mol. The molecule has 2 rings (SSSR count). The maximum absolute atomic E-state index is 5.37. The Kier molecular flexibility index (Phi) is 6.15. The first kappa shape index (κ1) is 17.5. The van der Waals surface area contributed by atoms with Gasteiger partial charge >= 0.3 is 0 Å². The monoisotopic (exact) mass is 334 g/mol. The van der Waals surface area contributed by atoms with Crippen molar-refractivity contribution >= 4 is 17.3 Å². The molecule has 0 spiro atoms. The molecule has 6 nitrogen and oxygen atoms in total. The van der Waals surface area contributed by atoms with Crippen molar-refractivity contribution in [3.8, 4) is 0 Å². The van der Waals surface area contributed by atoms with E-state index in [1.165, 1.54) is 5.69 Å². The lowest BCUT2D eigenvalue weighted by Gasteiger charge is -2.18. The molecule has 2 aromatic rings. The SMILES string of the molecule is CCn1nccc1C(C)NC(=S)NCCCn1nc(C)cc1C. The molecule has 0 radical (unpaired) electrons. The number of nitrogens with zero attached hydrogens (tertiary/aromatic N) is 4. The van der Waals surface area contributed by atoms with E-state index in [4.69, 9.17) is 12.2 Å². The molecule has 0 aromatic carbocycles. The molecule has 2 N–H and O–H groups in total. The minimum absolute atomic E-state index is 0.133. The van der Waals surface area contributed by atoms with Gasteiger partial charge in [-0.2, -0.15) is 10.2 Å². The highest BCUT2D eigenvalue weighted by atomic mass is 32.1. The lowest BCUT2D eigenvalue weighted by molar-refractivity contribution is 0.547. The van der Waals surface area contributed by atoms with Crippen LogP contribution in [0.5, 0.6) is 0 Å². The maximum atomic E-state index is 5.37. The van der Waals surface area contributed by atoms with Gasteiger partial charge in [0.1, 0.15) is 0 Å². The van der Waals surface area contributed by atoms with Gasteiger partial charge in [-0.1, -0.05) is 0 Å². The quantitative estimate of drug-likeness (QED) is 0.601. The molecule has 1 unspecified atom stereocenters. The summed E-state index contributed by atoms with van der Waals surface area (Å²) < 4.78 is 4.01. The van der Waals surface area contributed by atoms with Crippen LogP contribution in [-0.4, -0.2) is 31.2 Å². The van der Waals surface area contributed by atoms with Gasteiger partial charge in [-0.05, 0) is 58.5 Å². The summed E-state index contributed by atoms with van der Waals surface area (Å²) in [7, 11) is 0. The van der Waals surface area contributed by atoms with Crippen LogP contribution >= 0.6 is 12.2 Å². The van der Waals surface area contributed by atoms with Gasteiger partial charge in [0.2, 0.25) is 0 Å². The fraction of sp³-hybridized carbons (Fsp3) is 0.562. The second-order valence-electron chi connectivity index (χ2n) is 5.70. The third kappa shape index (κ3) is 4.79. The largest absolute Gasteiger partial charge is 0.363 e. The summed E-state index contributed by atoms with van der Waals surface area (Å²) in [5, 5.41) is 16.0. The second kappa shape index (κ2) is 8.10. The summed E-state index contributed by atoms with van der Waals surface area (Å²) in [6.45, 7) is 10.8. The molecule has 0 amide bonds. The maximum Gasteiger partial charge on any atom is 0.166 e. The summed E-state index contributed by atoms with van der Waals surface area (Å²) in [5.74, 6) is 0. The number of aromatic nitrogens is 4. The van der Waals surface area contributed by atoms with Crippen molar-refractivity contribution in [2.75, 3.05) is 6.54 Å². The predicted molar refractivity (Wildman–Crippen MR) is 96.4 cm³/mol. The molecule has 0 aliphatic rings. The van der Waals surface area contributed by atoms with E-state index in [2.05, 4.69) is 47.7 Å². The van der Waals surface area contributed by atoms with Gasteiger partial charge in [0.05, 0.1) is 17.4 Å². The normalized spacial score (nSPS) is 12.2. The van der Waals surface area contributed by atoms with E-state index < -0.39 is 0 Å². The third-order valence-corrected chi connectivity index (χ3v) is 4.04. The Hall–Kier alpha value is -1.89. The zero-order valence-electron chi connectivity index (χ0n) is 14.3. The van der Waals surface area contributed by atoms with E-state index in [1.807, 2.05) is 28.6 Å². The number of hydrogen-bond acceptors (Lipinski definition) is 3. The van der Waals surface area contributed by atoms with Gasteiger partial charge in [-0.3, -0.25) is 9.36 Å². The van der Waals surface area contributed by atoms with Gasteiger partial charge < -0.3 is 10.6 Å². The van der Waals surface area contributed by atoms with Gasteiger partial charge in [0.25, 0.3) is 0 Å². The van der Waals surface area contributed by atoms with Crippen molar-refractivity contribution in [2.24, 2.45) is 0 Å². The molecule has 2 heterocycles. The van der Waals surface area contributed by atoms with Crippen molar-refractivity contribution in [3.63, 3.8) is 0 Å². The van der Waals surface area contributed by atoms with Crippen molar-refractivity contribution < 1.29 is 0 Å². The van der Waals surface area contributed by atoms with Crippen LogP contribution in [0.15, 0.2) is 18.3 Å². The highest BCUT2D eigenvalue weighted by Crippen LogP contribution is 2.11. The van der Waals surface area contributed by atoms with Gasteiger partial charge in [-0.15, -0.1) is 0 Å². The molecule has 1 atom stereocenters. The first-order valence-corrected chi connectivity index (χ1v) is 8.49. The van der Waals surface area contributed by atoms with Crippen molar-refractivity contribution in [2.45, 2.75) is 53.2 Å². The molecule has 0 saturated carbocycles. The molecular formula is C16H26N6S. The van der Waals surface area contributed by atoms with Crippen molar-refractivity contribution in [1.29, 1.82) is 0 Å². The molecule has 0 saturated heterocycles. The summed E-state index contributed by atoms with van der Waals surface area (Å²) in [5.41, 5.74) is 3.40. The van der Waals surface area contributed by atoms with Crippen molar-refractivity contribution in [1.82, 2.24) is 30.2 Å². The Morgan fingerprint density at radius 2 is 2.13 bits per heavy atom. The molecule has 126 valence electrons. The number of thiocarbonyl (C=S) groups is 1. The summed E-state index contributed by atoms with van der Waals surface area (Å²) >= 11 is 5.37. The van der Waals surface area contributed by atoms with E-state index in [1.54, 1.807) is 0 Å². The van der Waals surface area contributed by atoms with Crippen LogP contribution in [-0.2, 0) is 13.1 Å².